The van der Waals surface area contributed by atoms with Gasteiger partial charge in [-0.15, -0.1) is 0 Å². The molecule has 0 spiro atoms. The molecular weight excluding hydrogens is 220 g/mol. The summed E-state index contributed by atoms with van der Waals surface area (Å²) in [6.45, 7) is 0.403. The van der Waals surface area contributed by atoms with E-state index in [0.717, 1.165) is 0 Å². The Morgan fingerprint density at radius 1 is 1.65 bits per heavy atom. The Hall–Kier alpha value is -1.95. The Bertz CT molecular complexity index is 461. The second-order valence-corrected chi connectivity index (χ2v) is 3.92. The number of amides is 2. The first-order valence-corrected chi connectivity index (χ1v) is 5.36. The zero-order valence-electron chi connectivity index (χ0n) is 9.51. The van der Waals surface area contributed by atoms with E-state index in [4.69, 9.17) is 5.73 Å². The SMILES string of the molecule is CNC(=O)c1cccnc1N1CC(N)CC1=O. The van der Waals surface area contributed by atoms with Crippen LogP contribution in [0, 0.1) is 0 Å². The summed E-state index contributed by atoms with van der Waals surface area (Å²) >= 11 is 0. The van der Waals surface area contributed by atoms with Crippen LogP contribution in [-0.2, 0) is 4.79 Å². The van der Waals surface area contributed by atoms with Gasteiger partial charge in [0.05, 0.1) is 5.56 Å². The van der Waals surface area contributed by atoms with Crippen molar-refractivity contribution in [1.29, 1.82) is 0 Å². The van der Waals surface area contributed by atoms with Crippen LogP contribution in [0.15, 0.2) is 18.3 Å². The molecule has 0 bridgehead atoms. The molecule has 0 radical (unpaired) electrons. The predicted molar refractivity (Wildman–Crippen MR) is 62.6 cm³/mol. The summed E-state index contributed by atoms with van der Waals surface area (Å²) in [6.07, 6.45) is 1.85. The third-order valence-electron chi connectivity index (χ3n) is 2.67. The minimum atomic E-state index is -0.263. The Morgan fingerprint density at radius 3 is 3.00 bits per heavy atom. The molecule has 2 rings (SSSR count). The van der Waals surface area contributed by atoms with Gasteiger partial charge < -0.3 is 11.1 Å². The van der Waals surface area contributed by atoms with E-state index < -0.39 is 0 Å². The average molecular weight is 234 g/mol. The average Bonchev–Trinajstić information content (AvgIpc) is 2.67. The number of hydrogen-bond acceptors (Lipinski definition) is 4. The van der Waals surface area contributed by atoms with E-state index in [9.17, 15) is 9.59 Å². The molecule has 6 heteroatoms. The van der Waals surface area contributed by atoms with E-state index in [2.05, 4.69) is 10.3 Å². The van der Waals surface area contributed by atoms with E-state index in [1.54, 1.807) is 18.3 Å². The van der Waals surface area contributed by atoms with Crippen molar-refractivity contribution in [3.63, 3.8) is 0 Å². The van der Waals surface area contributed by atoms with Gasteiger partial charge in [0, 0.05) is 32.3 Å². The maximum Gasteiger partial charge on any atom is 0.254 e. The standard InChI is InChI=1S/C11H14N4O2/c1-13-11(17)8-3-2-4-14-10(8)15-6-7(12)5-9(15)16/h2-4,7H,5-6,12H2,1H3,(H,13,17). The van der Waals surface area contributed by atoms with Crippen LogP contribution in [0.4, 0.5) is 5.82 Å². The van der Waals surface area contributed by atoms with Crippen LogP contribution < -0.4 is 16.0 Å². The Labute approximate surface area is 98.8 Å². The van der Waals surface area contributed by atoms with Crippen molar-refractivity contribution in [3.8, 4) is 0 Å². The zero-order valence-corrected chi connectivity index (χ0v) is 9.51. The monoisotopic (exact) mass is 234 g/mol. The lowest BCUT2D eigenvalue weighted by atomic mass is 10.2. The number of aromatic nitrogens is 1. The van der Waals surface area contributed by atoms with Crippen LogP contribution in [0.5, 0.6) is 0 Å². The van der Waals surface area contributed by atoms with E-state index in [-0.39, 0.29) is 17.9 Å². The molecule has 1 aliphatic heterocycles. The highest BCUT2D eigenvalue weighted by atomic mass is 16.2. The van der Waals surface area contributed by atoms with Gasteiger partial charge in [0.1, 0.15) is 5.82 Å². The van der Waals surface area contributed by atoms with Crippen molar-refractivity contribution >= 4 is 17.6 Å². The number of nitrogens with one attached hydrogen (secondary N) is 1. The molecule has 3 N–H and O–H groups in total. The van der Waals surface area contributed by atoms with Gasteiger partial charge in [-0.3, -0.25) is 14.5 Å². The highest BCUT2D eigenvalue weighted by Gasteiger charge is 2.31. The molecule has 0 aliphatic carbocycles. The maximum absolute atomic E-state index is 11.7. The summed E-state index contributed by atoms with van der Waals surface area (Å²) in [7, 11) is 1.54. The first kappa shape index (κ1) is 11.5. The topological polar surface area (TPSA) is 88.3 Å². The zero-order chi connectivity index (χ0) is 12.4. The van der Waals surface area contributed by atoms with E-state index in [1.807, 2.05) is 0 Å². The predicted octanol–water partition coefficient (Wildman–Crippen LogP) is -0.495. The first-order valence-electron chi connectivity index (χ1n) is 5.36. The molecule has 1 aliphatic rings. The number of nitrogens with two attached hydrogens (primary N) is 1. The highest BCUT2D eigenvalue weighted by Crippen LogP contribution is 2.22. The fraction of sp³-hybridized carbons (Fsp3) is 0.364. The third kappa shape index (κ3) is 2.12. The molecule has 1 aromatic rings. The van der Waals surface area contributed by atoms with E-state index in [0.29, 0.717) is 24.3 Å². The fourth-order valence-electron chi connectivity index (χ4n) is 1.86. The lowest BCUT2D eigenvalue weighted by Gasteiger charge is -2.17. The first-order chi connectivity index (χ1) is 8.13. The lowest BCUT2D eigenvalue weighted by molar-refractivity contribution is -0.117. The number of carbonyl (C=O) groups is 2. The minimum absolute atomic E-state index is 0.0960. The number of pyridine rings is 1. The molecule has 0 saturated carbocycles. The van der Waals surface area contributed by atoms with Crippen LogP contribution in [0.1, 0.15) is 16.8 Å². The van der Waals surface area contributed by atoms with Crippen molar-refractivity contribution in [1.82, 2.24) is 10.3 Å². The van der Waals surface area contributed by atoms with E-state index in [1.165, 1.54) is 11.9 Å². The van der Waals surface area contributed by atoms with Gasteiger partial charge in [0.25, 0.3) is 5.91 Å². The summed E-state index contributed by atoms with van der Waals surface area (Å²) in [5.41, 5.74) is 6.11. The normalized spacial score (nSPS) is 19.5. The van der Waals surface area contributed by atoms with Crippen molar-refractivity contribution in [2.24, 2.45) is 5.73 Å². The fourth-order valence-corrected chi connectivity index (χ4v) is 1.86. The summed E-state index contributed by atoms with van der Waals surface area (Å²) < 4.78 is 0. The largest absolute Gasteiger partial charge is 0.355 e. The van der Waals surface area contributed by atoms with Crippen LogP contribution in [-0.4, -0.2) is 36.4 Å². The molecule has 2 amide bonds. The number of nitrogens with zero attached hydrogens (tertiary/aromatic N) is 2. The molecule has 90 valence electrons. The lowest BCUT2D eigenvalue weighted by Crippen LogP contribution is -2.31. The van der Waals surface area contributed by atoms with Crippen LogP contribution in [0.25, 0.3) is 0 Å². The van der Waals surface area contributed by atoms with Gasteiger partial charge in [0.2, 0.25) is 5.91 Å². The number of carbonyl (C=O) groups excluding carboxylic acids is 2. The second kappa shape index (κ2) is 4.50. The molecule has 1 aromatic heterocycles. The Kier molecular flexibility index (Phi) is 3.06. The smallest absolute Gasteiger partial charge is 0.254 e. The molecule has 2 heterocycles. The molecular formula is C11H14N4O2. The van der Waals surface area contributed by atoms with Crippen molar-refractivity contribution in [3.05, 3.63) is 23.9 Å². The van der Waals surface area contributed by atoms with Crippen molar-refractivity contribution < 1.29 is 9.59 Å². The quantitative estimate of drug-likeness (QED) is 0.722. The van der Waals surface area contributed by atoms with Crippen LogP contribution in [0.2, 0.25) is 0 Å². The Morgan fingerprint density at radius 2 is 2.41 bits per heavy atom. The van der Waals surface area contributed by atoms with Gasteiger partial charge >= 0.3 is 0 Å². The molecule has 1 unspecified atom stereocenters. The minimum Gasteiger partial charge on any atom is -0.355 e. The molecule has 6 nitrogen and oxygen atoms in total. The number of anilines is 1. The third-order valence-corrected chi connectivity index (χ3v) is 2.67. The molecule has 17 heavy (non-hydrogen) atoms. The van der Waals surface area contributed by atoms with Crippen molar-refractivity contribution in [2.45, 2.75) is 12.5 Å². The number of hydrogen-bond donors (Lipinski definition) is 2. The summed E-state index contributed by atoms with van der Waals surface area (Å²) in [4.78, 5) is 29.0. The van der Waals surface area contributed by atoms with Gasteiger partial charge in [-0.1, -0.05) is 0 Å². The van der Waals surface area contributed by atoms with E-state index >= 15 is 0 Å². The van der Waals surface area contributed by atoms with Gasteiger partial charge in [0.15, 0.2) is 0 Å². The maximum atomic E-state index is 11.7. The highest BCUT2D eigenvalue weighted by molar-refractivity contribution is 6.04. The summed E-state index contributed by atoms with van der Waals surface area (Å²) in [5, 5.41) is 2.52. The molecule has 1 saturated heterocycles. The Balaban J connectivity index is 2.38. The number of rotatable bonds is 2. The van der Waals surface area contributed by atoms with Gasteiger partial charge in [-0.2, -0.15) is 0 Å². The van der Waals surface area contributed by atoms with Gasteiger partial charge in [-0.05, 0) is 12.1 Å². The van der Waals surface area contributed by atoms with Crippen LogP contribution >= 0.6 is 0 Å². The molecule has 0 aromatic carbocycles. The summed E-state index contributed by atoms with van der Waals surface area (Å²) in [6, 6.07) is 3.11. The van der Waals surface area contributed by atoms with Crippen LogP contribution in [0.3, 0.4) is 0 Å². The summed E-state index contributed by atoms with van der Waals surface area (Å²) in [5.74, 6) is 0.0209. The van der Waals surface area contributed by atoms with Crippen molar-refractivity contribution in [2.75, 3.05) is 18.5 Å². The molecule has 1 fully saturated rings. The van der Waals surface area contributed by atoms with Gasteiger partial charge in [-0.25, -0.2) is 4.98 Å². The second-order valence-electron chi connectivity index (χ2n) is 3.92. The molecule has 1 atom stereocenters.